The molecule has 0 aliphatic rings. The van der Waals surface area contributed by atoms with Crippen molar-refractivity contribution in [3.05, 3.63) is 128 Å². The van der Waals surface area contributed by atoms with E-state index in [1.807, 2.05) is 101 Å². The fourth-order valence-corrected chi connectivity index (χ4v) is 4.15. The third kappa shape index (κ3) is 5.18. The largest absolute Gasteiger partial charge is 2.00 e. The van der Waals surface area contributed by atoms with Crippen LogP contribution >= 0.6 is 0 Å². The van der Waals surface area contributed by atoms with E-state index in [1.165, 1.54) is 0 Å². The van der Waals surface area contributed by atoms with E-state index in [4.69, 9.17) is 9.84 Å². The SMILES string of the molecule is Cn1ccnc1-c1[c-]c(Oc2[c-]c(-n3cc(-c4ccccc4)c(-c4ccccc4)n3)ccc2)ccc1.[Pt+2]. The molecule has 0 unspecified atom stereocenters. The van der Waals surface area contributed by atoms with Crippen molar-refractivity contribution in [3.63, 3.8) is 0 Å². The topological polar surface area (TPSA) is 44.9 Å². The van der Waals surface area contributed by atoms with Crippen LogP contribution < -0.4 is 4.74 Å². The van der Waals surface area contributed by atoms with Crippen LogP contribution in [0.5, 0.6) is 11.5 Å². The van der Waals surface area contributed by atoms with Crippen molar-refractivity contribution < 1.29 is 25.8 Å². The molecular weight excluding hydrogens is 639 g/mol. The van der Waals surface area contributed by atoms with Crippen LogP contribution in [-0.4, -0.2) is 19.3 Å². The normalized spacial score (nSPS) is 10.6. The zero-order chi connectivity index (χ0) is 24.3. The average molecular weight is 662 g/mol. The number of benzene rings is 4. The van der Waals surface area contributed by atoms with E-state index in [9.17, 15) is 0 Å². The number of imidazole rings is 1. The fraction of sp³-hybridized carbons (Fsp3) is 0.0323. The third-order valence-corrected chi connectivity index (χ3v) is 5.90. The van der Waals surface area contributed by atoms with Crippen LogP contribution in [-0.2, 0) is 28.1 Å². The summed E-state index contributed by atoms with van der Waals surface area (Å²) < 4.78 is 9.94. The van der Waals surface area contributed by atoms with E-state index in [0.29, 0.717) is 11.5 Å². The van der Waals surface area contributed by atoms with Crippen LogP contribution in [0.2, 0.25) is 0 Å². The molecule has 0 bridgehead atoms. The van der Waals surface area contributed by atoms with E-state index >= 15 is 0 Å². The Morgan fingerprint density at radius 2 is 1.41 bits per heavy atom. The van der Waals surface area contributed by atoms with E-state index in [-0.39, 0.29) is 21.1 Å². The second-order valence-electron chi connectivity index (χ2n) is 8.36. The first-order chi connectivity index (χ1) is 17.7. The fourth-order valence-electron chi connectivity index (χ4n) is 4.15. The predicted molar refractivity (Wildman–Crippen MR) is 141 cm³/mol. The molecule has 0 saturated heterocycles. The first-order valence-electron chi connectivity index (χ1n) is 11.7. The second-order valence-corrected chi connectivity index (χ2v) is 8.36. The van der Waals surface area contributed by atoms with Crippen LogP contribution in [0, 0.1) is 12.1 Å². The predicted octanol–water partition coefficient (Wildman–Crippen LogP) is 7.00. The van der Waals surface area contributed by atoms with Gasteiger partial charge in [0.2, 0.25) is 0 Å². The summed E-state index contributed by atoms with van der Waals surface area (Å²) >= 11 is 0. The maximum absolute atomic E-state index is 6.14. The molecule has 0 spiro atoms. The minimum absolute atomic E-state index is 0. The molecule has 0 aliphatic heterocycles. The third-order valence-electron chi connectivity index (χ3n) is 5.90. The van der Waals surface area contributed by atoms with Gasteiger partial charge in [-0.15, -0.1) is 42.0 Å². The number of aryl methyl sites for hydroxylation is 1. The Balaban J connectivity index is 0.00000280. The van der Waals surface area contributed by atoms with Crippen molar-refractivity contribution in [2.45, 2.75) is 0 Å². The molecular formula is C31H22N4OPt. The van der Waals surface area contributed by atoms with Crippen molar-refractivity contribution in [1.82, 2.24) is 19.3 Å². The molecule has 0 aliphatic carbocycles. The van der Waals surface area contributed by atoms with Crippen molar-refractivity contribution >= 4 is 0 Å². The second kappa shape index (κ2) is 10.8. The molecule has 0 atom stereocenters. The summed E-state index contributed by atoms with van der Waals surface area (Å²) in [5.41, 5.74) is 5.78. The van der Waals surface area contributed by atoms with E-state index in [1.54, 1.807) is 6.20 Å². The number of nitrogens with zero attached hydrogens (tertiary/aromatic N) is 4. The quantitative estimate of drug-likeness (QED) is 0.181. The zero-order valence-electron chi connectivity index (χ0n) is 20.0. The Hall–Kier alpha value is -4.21. The summed E-state index contributed by atoms with van der Waals surface area (Å²) in [5, 5.41) is 4.94. The molecule has 2 heterocycles. The van der Waals surface area contributed by atoms with E-state index in [0.717, 1.165) is 39.5 Å². The van der Waals surface area contributed by atoms with Gasteiger partial charge in [0.25, 0.3) is 0 Å². The van der Waals surface area contributed by atoms with E-state index < -0.39 is 0 Å². The first kappa shape index (κ1) is 24.5. The Kier molecular flexibility index (Phi) is 7.15. The van der Waals surface area contributed by atoms with Gasteiger partial charge >= 0.3 is 21.1 Å². The molecule has 2 aromatic heterocycles. The van der Waals surface area contributed by atoms with Gasteiger partial charge in [0, 0.05) is 48.3 Å². The number of ether oxygens (including phenoxy) is 1. The van der Waals surface area contributed by atoms with Gasteiger partial charge in [-0.25, -0.2) is 0 Å². The monoisotopic (exact) mass is 661 g/mol. The molecule has 0 amide bonds. The number of aromatic nitrogens is 4. The number of hydrogen-bond donors (Lipinski definition) is 0. The summed E-state index contributed by atoms with van der Waals surface area (Å²) in [7, 11) is 1.96. The molecule has 6 rings (SSSR count). The number of rotatable bonds is 6. The summed E-state index contributed by atoms with van der Waals surface area (Å²) in [5.74, 6) is 2.01. The standard InChI is InChI=1S/C31H22N4O.Pt/c1-34-19-18-32-31(34)25-14-8-16-27(20-25)36-28-17-9-15-26(21-28)35-22-29(23-10-4-2-5-11-23)30(33-35)24-12-6-3-7-13-24;/h2-19,22H,1H3;/q-2;+2. The average Bonchev–Trinajstić information content (AvgIpc) is 3.57. The molecule has 0 radical (unpaired) electrons. The van der Waals surface area contributed by atoms with Crippen molar-refractivity contribution in [1.29, 1.82) is 0 Å². The first-order valence-corrected chi connectivity index (χ1v) is 11.7. The van der Waals surface area contributed by atoms with Gasteiger partial charge in [-0.1, -0.05) is 66.7 Å². The van der Waals surface area contributed by atoms with Gasteiger partial charge in [0.15, 0.2) is 0 Å². The van der Waals surface area contributed by atoms with Crippen molar-refractivity contribution in [2.24, 2.45) is 7.05 Å². The van der Waals surface area contributed by atoms with Crippen LogP contribution in [0.3, 0.4) is 0 Å². The van der Waals surface area contributed by atoms with E-state index in [2.05, 4.69) is 41.4 Å². The Morgan fingerprint density at radius 3 is 2.11 bits per heavy atom. The molecule has 182 valence electrons. The smallest absolute Gasteiger partial charge is 0.503 e. The Morgan fingerprint density at radius 1 is 0.730 bits per heavy atom. The summed E-state index contributed by atoms with van der Waals surface area (Å²) in [6.45, 7) is 0. The molecule has 6 heteroatoms. The molecule has 6 aromatic rings. The maximum Gasteiger partial charge on any atom is 2.00 e. The van der Waals surface area contributed by atoms with Crippen LogP contribution in [0.4, 0.5) is 0 Å². The number of hydrogen-bond acceptors (Lipinski definition) is 3. The molecule has 5 nitrogen and oxygen atoms in total. The Labute approximate surface area is 230 Å². The molecule has 0 fully saturated rings. The van der Waals surface area contributed by atoms with Gasteiger partial charge in [0.05, 0.1) is 5.82 Å². The summed E-state index contributed by atoms with van der Waals surface area (Å²) in [4.78, 5) is 4.41. The minimum Gasteiger partial charge on any atom is -0.503 e. The summed E-state index contributed by atoms with van der Waals surface area (Å²) in [6, 6.07) is 38.7. The molecule has 0 saturated carbocycles. The molecule has 4 aromatic carbocycles. The van der Waals surface area contributed by atoms with Crippen LogP contribution in [0.25, 0.3) is 39.5 Å². The van der Waals surface area contributed by atoms with Crippen molar-refractivity contribution in [3.8, 4) is 51.0 Å². The molecule has 37 heavy (non-hydrogen) atoms. The van der Waals surface area contributed by atoms with Gasteiger partial charge in [-0.2, -0.15) is 11.2 Å². The van der Waals surface area contributed by atoms with Crippen LogP contribution in [0.1, 0.15) is 0 Å². The summed E-state index contributed by atoms with van der Waals surface area (Å²) in [6.07, 6.45) is 5.72. The van der Waals surface area contributed by atoms with Gasteiger partial charge in [0.1, 0.15) is 5.69 Å². The zero-order valence-corrected chi connectivity index (χ0v) is 22.3. The van der Waals surface area contributed by atoms with Crippen LogP contribution in [0.15, 0.2) is 116 Å². The Bertz CT molecular complexity index is 1570. The maximum atomic E-state index is 6.14. The van der Waals surface area contributed by atoms with Crippen molar-refractivity contribution in [2.75, 3.05) is 0 Å². The van der Waals surface area contributed by atoms with Gasteiger partial charge in [-0.3, -0.25) is 9.67 Å². The molecule has 0 N–H and O–H groups in total. The van der Waals surface area contributed by atoms with Gasteiger partial charge < -0.3 is 9.30 Å². The van der Waals surface area contributed by atoms with Gasteiger partial charge in [-0.05, 0) is 11.3 Å². The minimum atomic E-state index is 0.